The van der Waals surface area contributed by atoms with Gasteiger partial charge in [0.25, 0.3) is 0 Å². The van der Waals surface area contributed by atoms with Crippen LogP contribution < -0.4 is 34.9 Å². The molecule has 0 saturated carbocycles. The van der Waals surface area contributed by atoms with Gasteiger partial charge in [0, 0.05) is 75.4 Å². The summed E-state index contributed by atoms with van der Waals surface area (Å²) in [5.41, 5.74) is 4.45. The summed E-state index contributed by atoms with van der Waals surface area (Å²) in [5, 5.41) is 82.2. The third-order valence-electron chi connectivity index (χ3n) is 18.4. The van der Waals surface area contributed by atoms with Crippen LogP contribution in [0.3, 0.4) is 0 Å². The lowest BCUT2D eigenvalue weighted by molar-refractivity contribution is -0.285. The van der Waals surface area contributed by atoms with Crippen LogP contribution in [0, 0.1) is 42.1 Å². The van der Waals surface area contributed by atoms with Crippen molar-refractivity contribution < 1.29 is 96.5 Å². The van der Waals surface area contributed by atoms with Crippen molar-refractivity contribution in [2.45, 2.75) is 182 Å². The smallest absolute Gasteiger partial charge is 0.229 e. The number of methoxy groups -OCH3 is 1. The Morgan fingerprint density at radius 1 is 0.474 bits per heavy atom. The first-order valence-electron chi connectivity index (χ1n) is 32.4. The summed E-state index contributed by atoms with van der Waals surface area (Å²) in [5.74, 6) is -1.55. The summed E-state index contributed by atoms with van der Waals surface area (Å²) in [6.45, 7) is 23.6. The van der Waals surface area contributed by atoms with Gasteiger partial charge < -0.3 is 84.9 Å². The molecule has 6 aromatic rings. The lowest BCUT2D eigenvalue weighted by Gasteiger charge is -2.46. The largest absolute Gasteiger partial charge is 0.504 e. The van der Waals surface area contributed by atoms with E-state index < -0.39 is 83.9 Å². The van der Waals surface area contributed by atoms with Crippen molar-refractivity contribution in [2.24, 2.45) is 17.8 Å². The highest BCUT2D eigenvalue weighted by Gasteiger charge is 2.50. The molecule has 0 aliphatic carbocycles. The van der Waals surface area contributed by atoms with Gasteiger partial charge in [-0.15, -0.1) is 0 Å². The molecule has 20 nitrogen and oxygen atoms in total. The fraction of sp³-hybridized carbons (Fsp3) is 0.473. The van der Waals surface area contributed by atoms with E-state index in [1.54, 1.807) is 82.3 Å². The Morgan fingerprint density at radius 2 is 0.876 bits per heavy atom. The SMILES string of the molecule is CC(=O)NCCc1cc(C)c(OC2OC(C)(C)[C@H](C)[C@@H](O)[C@H]2O)cc1-c1cccc(F)c1.CC(=O)NCCc1ccc(O[C@@H]2OC(C)(C)[C@H](C)[C@@H](O)[C@H]2O)c(O)c1-c1cccc(F)c1.COc1cc(OC2OC(C)(C)[C@H](C)[C@@H](O)[C@H]2O)cc(-c2cccc(F)c2)c1CCNC(C)=O. The van der Waals surface area contributed by atoms with Crippen LogP contribution in [-0.2, 0) is 47.9 Å². The molecule has 3 saturated heterocycles. The fourth-order valence-corrected chi connectivity index (χ4v) is 11.7. The molecule has 3 amide bonds. The van der Waals surface area contributed by atoms with Crippen LogP contribution in [-0.4, -0.2) is 153 Å². The van der Waals surface area contributed by atoms with E-state index in [1.165, 1.54) is 76.4 Å². The zero-order chi connectivity index (χ0) is 71.6. The monoisotopic (exact) mass is 1350 g/mol. The Balaban J connectivity index is 0.000000205. The zero-order valence-electron chi connectivity index (χ0n) is 57.4. The molecule has 9 rings (SSSR count). The normalized spacial score (nSPS) is 24.6. The van der Waals surface area contributed by atoms with Crippen molar-refractivity contribution in [3.63, 3.8) is 0 Å². The topological polar surface area (TPSA) is 294 Å². The van der Waals surface area contributed by atoms with Gasteiger partial charge in [0.05, 0.1) is 42.2 Å². The van der Waals surface area contributed by atoms with Crippen molar-refractivity contribution >= 4 is 17.7 Å². The molecule has 12 atom stereocenters. The first-order chi connectivity index (χ1) is 45.5. The number of carbonyl (C=O) groups excluding carboxylic acids is 3. The predicted octanol–water partition coefficient (Wildman–Crippen LogP) is 9.15. The number of nitrogens with one attached hydrogen (secondary N) is 3. The second kappa shape index (κ2) is 32.7. The van der Waals surface area contributed by atoms with E-state index in [0.29, 0.717) is 89.5 Å². The van der Waals surface area contributed by atoms with Crippen LogP contribution in [0.5, 0.6) is 28.7 Å². The number of halogens is 3. The maximum absolute atomic E-state index is 14.0. The minimum atomic E-state index is -1.32. The average Bonchev–Trinajstić information content (AvgIpc) is 0.792. The van der Waals surface area contributed by atoms with Gasteiger partial charge in [-0.05, 0) is 167 Å². The summed E-state index contributed by atoms with van der Waals surface area (Å²) in [6, 6.07) is 28.5. The number of phenols is 1. The number of phenolic OH excluding ortho intramolecular Hbond substituents is 1. The first kappa shape index (κ1) is 76.5. The Morgan fingerprint density at radius 3 is 1.32 bits per heavy atom. The molecule has 2 unspecified atom stereocenters. The highest BCUT2D eigenvalue weighted by atomic mass is 19.1. The number of benzene rings is 6. The third kappa shape index (κ3) is 19.3. The molecule has 0 bridgehead atoms. The van der Waals surface area contributed by atoms with Crippen LogP contribution >= 0.6 is 0 Å². The van der Waals surface area contributed by atoms with E-state index in [0.717, 1.165) is 22.3 Å². The van der Waals surface area contributed by atoms with Gasteiger partial charge in [-0.25, -0.2) is 13.2 Å². The van der Waals surface area contributed by atoms with Crippen molar-refractivity contribution in [3.8, 4) is 62.1 Å². The second-order valence-electron chi connectivity index (χ2n) is 26.5. The van der Waals surface area contributed by atoms with Crippen LogP contribution in [0.2, 0.25) is 0 Å². The van der Waals surface area contributed by atoms with Gasteiger partial charge in [0.2, 0.25) is 36.6 Å². The molecule has 0 radical (unpaired) electrons. The molecule has 97 heavy (non-hydrogen) atoms. The van der Waals surface area contributed by atoms with Crippen molar-refractivity contribution in [1.82, 2.24) is 16.0 Å². The Hall–Kier alpha value is -7.84. The molecule has 6 aromatic carbocycles. The molecule has 3 heterocycles. The number of aryl methyl sites for hydroxylation is 1. The summed E-state index contributed by atoms with van der Waals surface area (Å²) < 4.78 is 83.1. The standard InChI is InChI=1S/C25H32FNO6.C25H32FNO5.C24H30FNO6/c1-14-22(29)23(30)24(33-25(14,3)4)32-18-12-20(16-7-6-8-17(26)11-16)19(21(13-18)31-5)9-10-27-15(2)28;1-14-11-18(9-10-27-16(3)28)20(17-7-6-8-19(26)12-17)13-21(14)31-24-23(30)22(29)15(2)25(4,5)32-24;1-13-20(28)22(30)23(32-24(13,3)4)31-18-9-8-15(10-11-26-14(2)27)19(21(18)29)16-6-5-7-17(25)12-16/h6-8,11-14,22-24,29-30H,9-10H2,1-5H3,(H,27,28);6-8,11-13,15,22-24,29-30H,9-10H2,1-5H3,(H,27,28);5-9,12-13,20,22-23,28-30H,10-11H2,1-4H3,(H,26,27)/t14-,22-,23-,24?;15-,22-,23-,24?;13-,20-,22-,23-/m111/s1. The number of amides is 3. The van der Waals surface area contributed by atoms with E-state index in [1.807, 2.05) is 47.6 Å². The minimum Gasteiger partial charge on any atom is -0.504 e. The van der Waals surface area contributed by atoms with Gasteiger partial charge in [-0.1, -0.05) is 69.3 Å². The van der Waals surface area contributed by atoms with E-state index in [4.69, 9.17) is 33.2 Å². The van der Waals surface area contributed by atoms with Crippen LogP contribution in [0.25, 0.3) is 33.4 Å². The average molecular weight is 1350 g/mol. The number of hydrogen-bond acceptors (Lipinski definition) is 17. The molecule has 3 aliphatic heterocycles. The summed E-state index contributed by atoms with van der Waals surface area (Å²) >= 11 is 0. The quantitative estimate of drug-likeness (QED) is 0.0361. The number of aromatic hydroxyl groups is 1. The number of ether oxygens (including phenoxy) is 7. The highest BCUT2D eigenvalue weighted by molar-refractivity contribution is 5.78. The Kier molecular flexibility index (Phi) is 25.8. The molecule has 23 heteroatoms. The van der Waals surface area contributed by atoms with Gasteiger partial charge in [-0.2, -0.15) is 0 Å². The predicted molar refractivity (Wildman–Crippen MR) is 358 cm³/mol. The van der Waals surface area contributed by atoms with Gasteiger partial charge in [-0.3, -0.25) is 14.4 Å². The maximum atomic E-state index is 14.0. The van der Waals surface area contributed by atoms with Crippen molar-refractivity contribution in [3.05, 3.63) is 149 Å². The fourth-order valence-electron chi connectivity index (χ4n) is 11.7. The van der Waals surface area contributed by atoms with Crippen molar-refractivity contribution in [2.75, 3.05) is 26.7 Å². The molecule has 0 spiro atoms. The first-order valence-corrected chi connectivity index (χ1v) is 32.4. The molecular formula is C74H94F3N3O17. The van der Waals surface area contributed by atoms with E-state index in [9.17, 15) is 63.3 Å². The van der Waals surface area contributed by atoms with E-state index >= 15 is 0 Å². The van der Waals surface area contributed by atoms with Crippen LogP contribution in [0.15, 0.2) is 109 Å². The summed E-state index contributed by atoms with van der Waals surface area (Å²) in [6.07, 6.45) is -8.88. The molecule has 3 fully saturated rings. The molecular weight excluding hydrogens is 1260 g/mol. The minimum absolute atomic E-state index is 0.0224. The van der Waals surface area contributed by atoms with Gasteiger partial charge in [0.15, 0.2) is 11.5 Å². The number of hydrogen-bond donors (Lipinski definition) is 10. The van der Waals surface area contributed by atoms with E-state index in [2.05, 4.69) is 16.0 Å². The highest BCUT2D eigenvalue weighted by Crippen LogP contribution is 2.45. The van der Waals surface area contributed by atoms with Crippen molar-refractivity contribution in [1.29, 1.82) is 0 Å². The zero-order valence-corrected chi connectivity index (χ0v) is 57.4. The second-order valence-corrected chi connectivity index (χ2v) is 26.5. The molecule has 0 aromatic heterocycles. The lowest BCUT2D eigenvalue weighted by atomic mass is 9.82. The maximum Gasteiger partial charge on any atom is 0.229 e. The van der Waals surface area contributed by atoms with Gasteiger partial charge in [0.1, 0.15) is 53.0 Å². The van der Waals surface area contributed by atoms with Crippen LogP contribution in [0.1, 0.15) is 105 Å². The molecule has 10 N–H and O–H groups in total. The van der Waals surface area contributed by atoms with Gasteiger partial charge >= 0.3 is 0 Å². The summed E-state index contributed by atoms with van der Waals surface area (Å²) in [7, 11) is 1.51. The molecule has 3 aliphatic rings. The lowest BCUT2D eigenvalue weighted by Crippen LogP contribution is -2.59. The summed E-state index contributed by atoms with van der Waals surface area (Å²) in [4.78, 5) is 33.8. The molecule has 528 valence electrons. The number of aliphatic hydroxyl groups excluding tert-OH is 6. The van der Waals surface area contributed by atoms with Crippen LogP contribution in [0.4, 0.5) is 13.2 Å². The van der Waals surface area contributed by atoms with E-state index in [-0.39, 0.29) is 52.8 Å². The Labute approximate surface area is 565 Å². The number of carbonyl (C=O) groups is 3. The number of rotatable bonds is 19. The number of aliphatic hydroxyl groups is 6. The third-order valence-corrected chi connectivity index (χ3v) is 18.4. The Bertz CT molecular complexity index is 3640.